The van der Waals surface area contributed by atoms with E-state index in [0.29, 0.717) is 22.3 Å². The number of carbonyl (C=O) groups is 1. The number of pyridine rings is 1. The molecule has 0 aliphatic heterocycles. The van der Waals surface area contributed by atoms with E-state index in [9.17, 15) is 9.18 Å². The third kappa shape index (κ3) is 1.91. The van der Waals surface area contributed by atoms with Crippen molar-refractivity contribution in [3.8, 4) is 5.69 Å². The number of rotatable bonds is 2. The molecule has 0 bridgehead atoms. The number of hydrogen-bond donors (Lipinski definition) is 1. The predicted molar refractivity (Wildman–Crippen MR) is 72.2 cm³/mol. The summed E-state index contributed by atoms with van der Waals surface area (Å²) in [5.74, 6) is -0.663. The molecule has 100 valence electrons. The van der Waals surface area contributed by atoms with Crippen molar-refractivity contribution in [2.75, 3.05) is 7.05 Å². The molecule has 0 unspecified atom stereocenters. The topological polar surface area (TPSA) is 59.8 Å². The second kappa shape index (κ2) is 4.73. The van der Waals surface area contributed by atoms with Gasteiger partial charge in [0.05, 0.1) is 34.7 Å². The van der Waals surface area contributed by atoms with Gasteiger partial charge in [0.2, 0.25) is 0 Å². The average Bonchev–Trinajstić information content (AvgIpc) is 2.90. The summed E-state index contributed by atoms with van der Waals surface area (Å²) in [6.07, 6.45) is 4.20. The van der Waals surface area contributed by atoms with Gasteiger partial charge < -0.3 is 5.32 Å². The number of para-hydroxylation sites is 1. The molecule has 1 aromatic carbocycles. The molecule has 1 amide bonds. The maximum absolute atomic E-state index is 13.3. The lowest BCUT2D eigenvalue weighted by molar-refractivity contribution is 0.0964. The number of aromatic nitrogens is 3. The minimum atomic E-state index is -0.443. The highest BCUT2D eigenvalue weighted by Crippen LogP contribution is 2.22. The molecule has 0 saturated heterocycles. The van der Waals surface area contributed by atoms with Crippen LogP contribution in [-0.2, 0) is 0 Å². The Kier molecular flexibility index (Phi) is 2.90. The van der Waals surface area contributed by atoms with Crippen LogP contribution in [0.3, 0.4) is 0 Å². The molecule has 0 spiro atoms. The van der Waals surface area contributed by atoms with Crippen LogP contribution in [0.4, 0.5) is 4.39 Å². The molecule has 0 aliphatic rings. The summed E-state index contributed by atoms with van der Waals surface area (Å²) < 4.78 is 15.0. The number of fused-ring (bicyclic) bond motifs is 1. The SMILES string of the molecule is CNC(=O)c1cccc2ncn(-c3cncc(F)c3)c12. The summed E-state index contributed by atoms with van der Waals surface area (Å²) in [6.45, 7) is 0. The van der Waals surface area contributed by atoms with Crippen LogP contribution in [0.15, 0.2) is 43.0 Å². The van der Waals surface area contributed by atoms with E-state index in [0.717, 1.165) is 6.20 Å². The van der Waals surface area contributed by atoms with Gasteiger partial charge in [0, 0.05) is 13.1 Å². The van der Waals surface area contributed by atoms with Crippen molar-refractivity contribution < 1.29 is 9.18 Å². The van der Waals surface area contributed by atoms with Gasteiger partial charge in [0.25, 0.3) is 5.91 Å². The maximum Gasteiger partial charge on any atom is 0.253 e. The minimum Gasteiger partial charge on any atom is -0.355 e. The van der Waals surface area contributed by atoms with Gasteiger partial charge in [-0.1, -0.05) is 6.07 Å². The molecule has 3 rings (SSSR count). The van der Waals surface area contributed by atoms with Crippen LogP contribution in [0.2, 0.25) is 0 Å². The van der Waals surface area contributed by atoms with Crippen molar-refractivity contribution in [1.82, 2.24) is 19.9 Å². The van der Waals surface area contributed by atoms with Crippen LogP contribution in [0, 0.1) is 5.82 Å². The molecule has 1 N–H and O–H groups in total. The number of imidazole rings is 1. The number of nitrogens with one attached hydrogen (secondary N) is 1. The van der Waals surface area contributed by atoms with Crippen LogP contribution in [-0.4, -0.2) is 27.5 Å². The first-order valence-electron chi connectivity index (χ1n) is 6.00. The Morgan fingerprint density at radius 3 is 2.95 bits per heavy atom. The molecular formula is C14H11FN4O. The van der Waals surface area contributed by atoms with E-state index in [2.05, 4.69) is 15.3 Å². The number of carbonyl (C=O) groups excluding carboxylic acids is 1. The molecule has 0 aliphatic carbocycles. The van der Waals surface area contributed by atoms with Gasteiger partial charge in [-0.15, -0.1) is 0 Å². The first kappa shape index (κ1) is 12.3. The van der Waals surface area contributed by atoms with Crippen LogP contribution in [0.5, 0.6) is 0 Å². The van der Waals surface area contributed by atoms with E-state index in [-0.39, 0.29) is 5.91 Å². The lowest BCUT2D eigenvalue weighted by Gasteiger charge is -2.07. The van der Waals surface area contributed by atoms with Crippen molar-refractivity contribution in [1.29, 1.82) is 0 Å². The molecule has 2 aromatic heterocycles. The standard InChI is InChI=1S/C14H11FN4O/c1-16-14(20)11-3-2-4-12-13(11)19(8-18-12)10-5-9(15)6-17-7-10/h2-8H,1H3,(H,16,20). The molecule has 5 nitrogen and oxygen atoms in total. The highest BCUT2D eigenvalue weighted by Gasteiger charge is 2.14. The molecule has 6 heteroatoms. The Morgan fingerprint density at radius 2 is 2.20 bits per heavy atom. The zero-order valence-electron chi connectivity index (χ0n) is 10.7. The smallest absolute Gasteiger partial charge is 0.253 e. The molecule has 0 fully saturated rings. The third-order valence-electron chi connectivity index (χ3n) is 3.01. The Morgan fingerprint density at radius 1 is 1.35 bits per heavy atom. The molecular weight excluding hydrogens is 259 g/mol. The van der Waals surface area contributed by atoms with Crippen LogP contribution >= 0.6 is 0 Å². The molecule has 2 heterocycles. The van der Waals surface area contributed by atoms with Crippen LogP contribution < -0.4 is 5.32 Å². The summed E-state index contributed by atoms with van der Waals surface area (Å²) in [5, 5.41) is 2.58. The van der Waals surface area contributed by atoms with E-state index in [1.54, 1.807) is 36.1 Å². The second-order valence-corrected chi connectivity index (χ2v) is 4.23. The van der Waals surface area contributed by atoms with Crippen LogP contribution in [0.1, 0.15) is 10.4 Å². The maximum atomic E-state index is 13.3. The normalized spacial score (nSPS) is 10.7. The summed E-state index contributed by atoms with van der Waals surface area (Å²) in [7, 11) is 1.56. The Bertz CT molecular complexity index is 797. The Hall–Kier alpha value is -2.76. The van der Waals surface area contributed by atoms with E-state index < -0.39 is 5.82 Å². The first-order valence-corrected chi connectivity index (χ1v) is 6.00. The van der Waals surface area contributed by atoms with Gasteiger partial charge in [-0.2, -0.15) is 0 Å². The number of amides is 1. The fraction of sp³-hybridized carbons (Fsp3) is 0.0714. The summed E-state index contributed by atoms with van der Waals surface area (Å²) in [5.41, 5.74) is 2.28. The van der Waals surface area contributed by atoms with Crippen molar-refractivity contribution >= 4 is 16.9 Å². The van der Waals surface area contributed by atoms with Crippen molar-refractivity contribution in [3.63, 3.8) is 0 Å². The highest BCUT2D eigenvalue weighted by atomic mass is 19.1. The molecule has 0 atom stereocenters. The number of hydrogen-bond acceptors (Lipinski definition) is 3. The molecule has 20 heavy (non-hydrogen) atoms. The van der Waals surface area contributed by atoms with Gasteiger partial charge in [-0.3, -0.25) is 14.3 Å². The monoisotopic (exact) mass is 270 g/mol. The average molecular weight is 270 g/mol. The van der Waals surface area contributed by atoms with Crippen molar-refractivity contribution in [3.05, 3.63) is 54.4 Å². The summed E-state index contributed by atoms with van der Waals surface area (Å²) in [4.78, 5) is 20.0. The lowest BCUT2D eigenvalue weighted by atomic mass is 10.1. The highest BCUT2D eigenvalue weighted by molar-refractivity contribution is 6.05. The van der Waals surface area contributed by atoms with Crippen molar-refractivity contribution in [2.24, 2.45) is 0 Å². The summed E-state index contributed by atoms with van der Waals surface area (Å²) in [6, 6.07) is 6.60. The van der Waals surface area contributed by atoms with Gasteiger partial charge >= 0.3 is 0 Å². The molecule has 0 saturated carbocycles. The predicted octanol–water partition coefficient (Wildman–Crippen LogP) is 1.92. The summed E-state index contributed by atoms with van der Waals surface area (Å²) >= 11 is 0. The van der Waals surface area contributed by atoms with E-state index in [4.69, 9.17) is 0 Å². The second-order valence-electron chi connectivity index (χ2n) is 4.23. The van der Waals surface area contributed by atoms with Gasteiger partial charge in [0.15, 0.2) is 0 Å². The van der Waals surface area contributed by atoms with E-state index in [1.165, 1.54) is 12.3 Å². The lowest BCUT2D eigenvalue weighted by Crippen LogP contribution is -2.18. The first-order chi connectivity index (χ1) is 9.70. The quantitative estimate of drug-likeness (QED) is 0.774. The van der Waals surface area contributed by atoms with Crippen molar-refractivity contribution in [2.45, 2.75) is 0 Å². The molecule has 0 radical (unpaired) electrons. The number of halogens is 1. The number of nitrogens with zero attached hydrogens (tertiary/aromatic N) is 3. The Labute approximate surface area is 114 Å². The van der Waals surface area contributed by atoms with Gasteiger partial charge in [-0.25, -0.2) is 9.37 Å². The zero-order valence-corrected chi connectivity index (χ0v) is 10.7. The van der Waals surface area contributed by atoms with E-state index >= 15 is 0 Å². The largest absolute Gasteiger partial charge is 0.355 e. The minimum absolute atomic E-state index is 0.221. The zero-order chi connectivity index (χ0) is 14.1. The molecule has 3 aromatic rings. The van der Waals surface area contributed by atoms with Gasteiger partial charge in [-0.05, 0) is 12.1 Å². The fourth-order valence-corrected chi connectivity index (χ4v) is 2.11. The fourth-order valence-electron chi connectivity index (χ4n) is 2.11. The van der Waals surface area contributed by atoms with Gasteiger partial charge in [0.1, 0.15) is 12.1 Å². The Balaban J connectivity index is 2.29. The van der Waals surface area contributed by atoms with E-state index in [1.807, 2.05) is 0 Å². The number of benzene rings is 1. The van der Waals surface area contributed by atoms with Crippen LogP contribution in [0.25, 0.3) is 16.7 Å². The third-order valence-corrected chi connectivity index (χ3v) is 3.01.